The summed E-state index contributed by atoms with van der Waals surface area (Å²) in [5.74, 6) is 0.705. The Balaban J connectivity index is 2.39. The van der Waals surface area contributed by atoms with Gasteiger partial charge in [0.1, 0.15) is 0 Å². The first kappa shape index (κ1) is 15.0. The summed E-state index contributed by atoms with van der Waals surface area (Å²) >= 11 is 3.61. The molecule has 0 aliphatic heterocycles. The van der Waals surface area contributed by atoms with Crippen molar-refractivity contribution in [3.05, 3.63) is 16.4 Å². The van der Waals surface area contributed by atoms with Gasteiger partial charge in [-0.3, -0.25) is 4.68 Å². The largest absolute Gasteiger partial charge is 0.376 e. The molecular formula is C14H24BrN3O. The highest BCUT2D eigenvalue weighted by Crippen LogP contribution is 2.44. The molecule has 0 bridgehead atoms. The monoisotopic (exact) mass is 329 g/mol. The molecule has 1 N–H and O–H groups in total. The van der Waals surface area contributed by atoms with Crippen molar-refractivity contribution >= 4 is 15.9 Å². The van der Waals surface area contributed by atoms with Gasteiger partial charge in [-0.2, -0.15) is 5.10 Å². The summed E-state index contributed by atoms with van der Waals surface area (Å²) in [6, 6.07) is 0.155. The van der Waals surface area contributed by atoms with Crippen molar-refractivity contribution in [3.63, 3.8) is 0 Å². The average Bonchev–Trinajstić information content (AvgIpc) is 2.72. The van der Waals surface area contributed by atoms with Crippen LogP contribution in [0.25, 0.3) is 0 Å². The number of halogens is 1. The van der Waals surface area contributed by atoms with Gasteiger partial charge in [0.15, 0.2) is 0 Å². The molecule has 0 saturated heterocycles. The van der Waals surface area contributed by atoms with E-state index >= 15 is 0 Å². The lowest BCUT2D eigenvalue weighted by atomic mass is 9.73. The Bertz CT molecular complexity index is 415. The van der Waals surface area contributed by atoms with Gasteiger partial charge in [0.05, 0.1) is 28.0 Å². The Kier molecular flexibility index (Phi) is 4.69. The van der Waals surface area contributed by atoms with Crippen molar-refractivity contribution in [2.75, 3.05) is 14.2 Å². The van der Waals surface area contributed by atoms with Crippen LogP contribution in [0.2, 0.25) is 0 Å². The van der Waals surface area contributed by atoms with Crippen molar-refractivity contribution in [2.24, 2.45) is 13.0 Å². The van der Waals surface area contributed by atoms with Crippen molar-refractivity contribution in [2.45, 2.75) is 44.2 Å². The third-order valence-corrected chi connectivity index (χ3v) is 5.03. The van der Waals surface area contributed by atoms with Crippen LogP contribution in [0.3, 0.4) is 0 Å². The number of aryl methyl sites for hydroxylation is 1. The third kappa shape index (κ3) is 2.73. The summed E-state index contributed by atoms with van der Waals surface area (Å²) in [4.78, 5) is 0. The van der Waals surface area contributed by atoms with Crippen LogP contribution in [-0.2, 0) is 11.8 Å². The van der Waals surface area contributed by atoms with Crippen LogP contribution < -0.4 is 5.32 Å². The zero-order valence-corrected chi connectivity index (χ0v) is 13.8. The fourth-order valence-corrected chi connectivity index (χ4v) is 4.08. The molecule has 3 unspecified atom stereocenters. The van der Waals surface area contributed by atoms with Crippen molar-refractivity contribution in [1.29, 1.82) is 0 Å². The highest BCUT2D eigenvalue weighted by Gasteiger charge is 2.44. The minimum Gasteiger partial charge on any atom is -0.376 e. The van der Waals surface area contributed by atoms with Crippen molar-refractivity contribution in [1.82, 2.24) is 15.1 Å². The van der Waals surface area contributed by atoms with Gasteiger partial charge in [-0.05, 0) is 41.7 Å². The maximum Gasteiger partial charge on any atom is 0.0890 e. The molecule has 2 rings (SSSR count). The van der Waals surface area contributed by atoms with Gasteiger partial charge < -0.3 is 10.1 Å². The number of hydrogen-bond acceptors (Lipinski definition) is 3. The van der Waals surface area contributed by atoms with E-state index in [9.17, 15) is 0 Å². The quantitative estimate of drug-likeness (QED) is 0.922. The van der Waals surface area contributed by atoms with Crippen LogP contribution in [0.5, 0.6) is 0 Å². The molecule has 3 atom stereocenters. The number of likely N-dealkylation sites (N-methyl/N-ethyl adjacent to an activating group) is 1. The van der Waals surface area contributed by atoms with E-state index in [0.29, 0.717) is 5.92 Å². The smallest absolute Gasteiger partial charge is 0.0890 e. The molecule has 1 aromatic rings. The van der Waals surface area contributed by atoms with E-state index in [1.54, 1.807) is 0 Å². The van der Waals surface area contributed by atoms with Gasteiger partial charge in [0.2, 0.25) is 0 Å². The second-order valence-electron chi connectivity index (χ2n) is 5.69. The van der Waals surface area contributed by atoms with Gasteiger partial charge in [0.25, 0.3) is 0 Å². The average molecular weight is 330 g/mol. The number of hydrogen-bond donors (Lipinski definition) is 1. The SMILES string of the molecule is CNC(c1c(Br)cnn1C)C1(OC)CCCC(C)C1. The standard InChI is InChI=1S/C14H24BrN3O/c1-10-6-5-7-14(8-10,19-4)13(16-2)12-11(15)9-17-18(12)3/h9-10,13,16H,5-8H2,1-4H3. The van der Waals surface area contributed by atoms with Crippen LogP contribution in [0.1, 0.15) is 44.3 Å². The molecule has 0 amide bonds. The van der Waals surface area contributed by atoms with E-state index in [1.807, 2.05) is 32.1 Å². The summed E-state index contributed by atoms with van der Waals surface area (Å²) in [5.41, 5.74) is 1.03. The van der Waals surface area contributed by atoms with E-state index in [1.165, 1.54) is 18.5 Å². The molecule has 5 heteroatoms. The lowest BCUT2D eigenvalue weighted by Gasteiger charge is -2.44. The Labute approximate surface area is 124 Å². The van der Waals surface area contributed by atoms with Crippen LogP contribution in [0.4, 0.5) is 0 Å². The highest BCUT2D eigenvalue weighted by molar-refractivity contribution is 9.10. The summed E-state index contributed by atoms with van der Waals surface area (Å²) in [7, 11) is 5.83. The number of methoxy groups -OCH3 is 1. The molecule has 0 aromatic carbocycles. The number of ether oxygens (including phenoxy) is 1. The van der Waals surface area contributed by atoms with E-state index in [2.05, 4.69) is 33.3 Å². The van der Waals surface area contributed by atoms with Gasteiger partial charge >= 0.3 is 0 Å². The molecule has 1 saturated carbocycles. The Morgan fingerprint density at radius 3 is 2.84 bits per heavy atom. The first-order chi connectivity index (χ1) is 9.04. The van der Waals surface area contributed by atoms with Gasteiger partial charge in [-0.15, -0.1) is 0 Å². The predicted molar refractivity (Wildman–Crippen MR) is 80.1 cm³/mol. The predicted octanol–water partition coefficient (Wildman–Crippen LogP) is 3.04. The molecule has 0 spiro atoms. The Morgan fingerprint density at radius 1 is 1.63 bits per heavy atom. The van der Waals surface area contributed by atoms with Crippen LogP contribution in [-0.4, -0.2) is 29.5 Å². The number of nitrogens with zero attached hydrogens (tertiary/aromatic N) is 2. The minimum absolute atomic E-state index is 0.136. The van der Waals surface area contributed by atoms with E-state index < -0.39 is 0 Å². The molecule has 1 fully saturated rings. The van der Waals surface area contributed by atoms with Gasteiger partial charge in [-0.25, -0.2) is 0 Å². The van der Waals surface area contributed by atoms with Crippen molar-refractivity contribution < 1.29 is 4.74 Å². The molecule has 1 heterocycles. The van der Waals surface area contributed by atoms with Gasteiger partial charge in [0, 0.05) is 14.2 Å². The zero-order chi connectivity index (χ0) is 14.0. The van der Waals surface area contributed by atoms with Crippen LogP contribution in [0.15, 0.2) is 10.7 Å². The summed E-state index contributed by atoms with van der Waals surface area (Å²) in [5, 5.41) is 7.79. The number of aromatic nitrogens is 2. The summed E-state index contributed by atoms with van der Waals surface area (Å²) in [6.07, 6.45) is 6.57. The molecule has 1 aliphatic rings. The Hall–Kier alpha value is -0.390. The molecular weight excluding hydrogens is 306 g/mol. The van der Waals surface area contributed by atoms with E-state index in [4.69, 9.17) is 4.74 Å². The maximum absolute atomic E-state index is 6.01. The summed E-state index contributed by atoms with van der Waals surface area (Å²) < 4.78 is 8.99. The van der Waals surface area contributed by atoms with Gasteiger partial charge in [-0.1, -0.05) is 19.8 Å². The number of nitrogens with one attached hydrogen (secondary N) is 1. The fraction of sp³-hybridized carbons (Fsp3) is 0.786. The zero-order valence-electron chi connectivity index (χ0n) is 12.2. The van der Waals surface area contributed by atoms with Crippen LogP contribution in [0, 0.1) is 5.92 Å². The molecule has 19 heavy (non-hydrogen) atoms. The lowest BCUT2D eigenvalue weighted by molar-refractivity contribution is -0.0807. The fourth-order valence-electron chi connectivity index (χ4n) is 3.50. The van der Waals surface area contributed by atoms with E-state index in [0.717, 1.165) is 17.3 Å². The number of rotatable bonds is 4. The first-order valence-corrected chi connectivity index (χ1v) is 7.73. The maximum atomic E-state index is 6.01. The Morgan fingerprint density at radius 2 is 2.37 bits per heavy atom. The molecule has 108 valence electrons. The van der Waals surface area contributed by atoms with Crippen LogP contribution >= 0.6 is 15.9 Å². The highest BCUT2D eigenvalue weighted by atomic mass is 79.9. The molecule has 1 aromatic heterocycles. The molecule has 4 nitrogen and oxygen atoms in total. The second kappa shape index (κ2) is 5.94. The lowest BCUT2D eigenvalue weighted by Crippen LogP contribution is -2.48. The second-order valence-corrected chi connectivity index (χ2v) is 6.55. The molecule has 0 radical (unpaired) electrons. The minimum atomic E-state index is -0.136. The normalized spacial score (nSPS) is 29.4. The topological polar surface area (TPSA) is 39.1 Å². The van der Waals surface area contributed by atoms with Crippen molar-refractivity contribution in [3.8, 4) is 0 Å². The first-order valence-electron chi connectivity index (χ1n) is 6.94. The summed E-state index contributed by atoms with van der Waals surface area (Å²) in [6.45, 7) is 2.32. The third-order valence-electron chi connectivity index (χ3n) is 4.42. The molecule has 1 aliphatic carbocycles. The van der Waals surface area contributed by atoms with E-state index in [-0.39, 0.29) is 11.6 Å².